The first-order valence-electron chi connectivity index (χ1n) is 8.82. The van der Waals surface area contributed by atoms with Crippen molar-refractivity contribution in [3.05, 3.63) is 34.6 Å². The van der Waals surface area contributed by atoms with Crippen molar-refractivity contribution in [3.63, 3.8) is 0 Å². The van der Waals surface area contributed by atoms with Crippen LogP contribution in [0.2, 0.25) is 0 Å². The molecular formula is C19H31FN2O2. The fourth-order valence-electron chi connectivity index (χ4n) is 3.46. The quantitative estimate of drug-likeness (QED) is 0.837. The maximum Gasteiger partial charge on any atom is 0.129 e. The lowest BCUT2D eigenvalue weighted by molar-refractivity contribution is -0.0762. The Bertz CT molecular complexity index is 519. The van der Waals surface area contributed by atoms with Crippen LogP contribution in [0.4, 0.5) is 4.39 Å². The SMILES string of the molecule is Cc1cc(C(C)NCC(O)CN2CC(C)OC(C)C2)cc(C)c1F. The summed E-state index contributed by atoms with van der Waals surface area (Å²) in [7, 11) is 0. The summed E-state index contributed by atoms with van der Waals surface area (Å²) in [5, 5.41) is 13.7. The molecule has 0 aliphatic carbocycles. The predicted molar refractivity (Wildman–Crippen MR) is 94.7 cm³/mol. The zero-order valence-electron chi connectivity index (χ0n) is 15.5. The summed E-state index contributed by atoms with van der Waals surface area (Å²) in [4.78, 5) is 2.25. The first-order valence-corrected chi connectivity index (χ1v) is 8.82. The van der Waals surface area contributed by atoms with Crippen LogP contribution in [0.25, 0.3) is 0 Å². The van der Waals surface area contributed by atoms with E-state index in [1.54, 1.807) is 13.8 Å². The summed E-state index contributed by atoms with van der Waals surface area (Å²) in [5.74, 6) is -0.137. The normalized spacial score (nSPS) is 24.8. The van der Waals surface area contributed by atoms with Gasteiger partial charge in [0.05, 0.1) is 18.3 Å². The van der Waals surface area contributed by atoms with Crippen LogP contribution in [0, 0.1) is 19.7 Å². The van der Waals surface area contributed by atoms with Crippen LogP contribution in [0.3, 0.4) is 0 Å². The fraction of sp³-hybridized carbons (Fsp3) is 0.684. The molecule has 0 saturated carbocycles. The highest BCUT2D eigenvalue weighted by Gasteiger charge is 2.24. The van der Waals surface area contributed by atoms with Gasteiger partial charge in [-0.25, -0.2) is 4.39 Å². The van der Waals surface area contributed by atoms with E-state index in [9.17, 15) is 9.50 Å². The molecule has 5 heteroatoms. The number of β-amino-alcohol motifs (C(OH)–C–C–N with tert-alkyl or cyclic N) is 1. The molecule has 1 aliphatic heterocycles. The van der Waals surface area contributed by atoms with Gasteiger partial charge in [-0.15, -0.1) is 0 Å². The predicted octanol–water partition coefficient (Wildman–Crippen LogP) is 2.56. The molecule has 1 aromatic carbocycles. The van der Waals surface area contributed by atoms with Crippen molar-refractivity contribution in [1.29, 1.82) is 0 Å². The molecule has 1 heterocycles. The standard InChI is InChI=1S/C19H31FN2O2/c1-12-6-17(7-13(2)19(12)20)16(5)21-8-18(23)11-22-9-14(3)24-15(4)10-22/h6-7,14-16,18,21,23H,8-11H2,1-5H3. The van der Waals surface area contributed by atoms with Gasteiger partial charge in [-0.1, -0.05) is 12.1 Å². The van der Waals surface area contributed by atoms with E-state index in [1.807, 2.05) is 19.1 Å². The summed E-state index contributed by atoms with van der Waals surface area (Å²) >= 11 is 0. The fourth-order valence-corrected chi connectivity index (χ4v) is 3.46. The van der Waals surface area contributed by atoms with E-state index < -0.39 is 6.10 Å². The van der Waals surface area contributed by atoms with Crippen LogP contribution in [0.1, 0.15) is 43.5 Å². The van der Waals surface area contributed by atoms with Gasteiger partial charge in [0.15, 0.2) is 0 Å². The Labute approximate surface area is 145 Å². The van der Waals surface area contributed by atoms with Crippen LogP contribution >= 0.6 is 0 Å². The summed E-state index contributed by atoms with van der Waals surface area (Å²) in [6.45, 7) is 12.6. The van der Waals surface area contributed by atoms with Crippen molar-refractivity contribution in [1.82, 2.24) is 10.2 Å². The van der Waals surface area contributed by atoms with Gasteiger partial charge in [-0.2, -0.15) is 0 Å². The first kappa shape index (κ1) is 19.3. The number of benzene rings is 1. The van der Waals surface area contributed by atoms with Gasteiger partial charge in [0.2, 0.25) is 0 Å². The molecule has 4 atom stereocenters. The molecule has 0 spiro atoms. The Hall–Kier alpha value is -1.01. The average Bonchev–Trinajstić information content (AvgIpc) is 2.48. The second kappa shape index (κ2) is 8.39. The summed E-state index contributed by atoms with van der Waals surface area (Å²) in [6.07, 6.45) is -0.0245. The van der Waals surface area contributed by atoms with E-state index in [0.717, 1.165) is 18.7 Å². The Morgan fingerprint density at radius 3 is 2.33 bits per heavy atom. The molecule has 1 aliphatic rings. The molecule has 0 radical (unpaired) electrons. The molecule has 0 aromatic heterocycles. The Morgan fingerprint density at radius 2 is 1.79 bits per heavy atom. The molecule has 4 nitrogen and oxygen atoms in total. The lowest BCUT2D eigenvalue weighted by Crippen LogP contribution is -2.49. The van der Waals surface area contributed by atoms with E-state index >= 15 is 0 Å². The van der Waals surface area contributed by atoms with E-state index in [2.05, 4.69) is 24.1 Å². The number of hydrogen-bond acceptors (Lipinski definition) is 4. The van der Waals surface area contributed by atoms with E-state index in [4.69, 9.17) is 4.74 Å². The lowest BCUT2D eigenvalue weighted by atomic mass is 10.0. The van der Waals surface area contributed by atoms with Crippen molar-refractivity contribution in [2.45, 2.75) is 59.0 Å². The molecule has 1 fully saturated rings. The van der Waals surface area contributed by atoms with Gasteiger partial charge in [-0.05, 0) is 51.3 Å². The number of nitrogens with zero attached hydrogens (tertiary/aromatic N) is 1. The molecular weight excluding hydrogens is 307 g/mol. The number of halogens is 1. The Balaban J connectivity index is 1.84. The average molecular weight is 338 g/mol. The molecule has 2 N–H and O–H groups in total. The van der Waals surface area contributed by atoms with E-state index in [0.29, 0.717) is 24.2 Å². The zero-order valence-corrected chi connectivity index (χ0v) is 15.5. The molecule has 24 heavy (non-hydrogen) atoms. The van der Waals surface area contributed by atoms with Crippen LogP contribution < -0.4 is 5.32 Å². The summed E-state index contributed by atoms with van der Waals surface area (Å²) in [5.41, 5.74) is 2.37. The van der Waals surface area contributed by atoms with Gasteiger partial charge in [0.1, 0.15) is 5.82 Å². The Kier molecular flexibility index (Phi) is 6.75. The van der Waals surface area contributed by atoms with Crippen molar-refractivity contribution >= 4 is 0 Å². The van der Waals surface area contributed by atoms with E-state index in [1.165, 1.54) is 0 Å². The Morgan fingerprint density at radius 1 is 1.25 bits per heavy atom. The lowest BCUT2D eigenvalue weighted by Gasteiger charge is -2.36. The minimum Gasteiger partial charge on any atom is -0.390 e. The topological polar surface area (TPSA) is 44.7 Å². The number of morpholine rings is 1. The number of aliphatic hydroxyl groups is 1. The van der Waals surface area contributed by atoms with Gasteiger partial charge < -0.3 is 15.2 Å². The summed E-state index contributed by atoms with van der Waals surface area (Å²) in [6, 6.07) is 3.82. The van der Waals surface area contributed by atoms with Crippen LogP contribution in [-0.2, 0) is 4.74 Å². The van der Waals surface area contributed by atoms with E-state index in [-0.39, 0.29) is 24.1 Å². The molecule has 0 bridgehead atoms. The summed E-state index contributed by atoms with van der Waals surface area (Å²) < 4.78 is 19.5. The molecule has 1 saturated heterocycles. The van der Waals surface area contributed by atoms with Crippen molar-refractivity contribution in [2.75, 3.05) is 26.2 Å². The second-order valence-electron chi connectivity index (χ2n) is 7.23. The minimum absolute atomic E-state index is 0.0696. The molecule has 4 unspecified atom stereocenters. The van der Waals surface area contributed by atoms with Crippen molar-refractivity contribution in [2.24, 2.45) is 0 Å². The highest BCUT2D eigenvalue weighted by atomic mass is 19.1. The molecule has 136 valence electrons. The van der Waals surface area contributed by atoms with Gasteiger partial charge in [0, 0.05) is 32.2 Å². The number of aryl methyl sites for hydroxylation is 2. The van der Waals surface area contributed by atoms with Crippen LogP contribution in [0.5, 0.6) is 0 Å². The monoisotopic (exact) mass is 338 g/mol. The maximum atomic E-state index is 13.7. The van der Waals surface area contributed by atoms with Gasteiger partial charge in [0.25, 0.3) is 0 Å². The third-order valence-electron chi connectivity index (χ3n) is 4.58. The van der Waals surface area contributed by atoms with Crippen LogP contribution in [0.15, 0.2) is 12.1 Å². The van der Waals surface area contributed by atoms with Crippen molar-refractivity contribution < 1.29 is 14.2 Å². The largest absolute Gasteiger partial charge is 0.390 e. The smallest absolute Gasteiger partial charge is 0.129 e. The number of aliphatic hydroxyl groups excluding tert-OH is 1. The highest BCUT2D eigenvalue weighted by Crippen LogP contribution is 2.20. The highest BCUT2D eigenvalue weighted by molar-refractivity contribution is 5.32. The number of ether oxygens (including phenoxy) is 1. The third kappa shape index (κ3) is 5.24. The van der Waals surface area contributed by atoms with Crippen molar-refractivity contribution in [3.8, 4) is 0 Å². The van der Waals surface area contributed by atoms with Gasteiger partial charge in [-0.3, -0.25) is 4.90 Å². The minimum atomic E-state index is -0.437. The van der Waals surface area contributed by atoms with Gasteiger partial charge >= 0.3 is 0 Å². The zero-order chi connectivity index (χ0) is 17.9. The number of nitrogens with one attached hydrogen (secondary N) is 1. The molecule has 1 aromatic rings. The number of hydrogen-bond donors (Lipinski definition) is 2. The molecule has 0 amide bonds. The number of rotatable bonds is 6. The van der Waals surface area contributed by atoms with Crippen LogP contribution in [-0.4, -0.2) is 54.5 Å². The maximum absolute atomic E-state index is 13.7. The second-order valence-corrected chi connectivity index (χ2v) is 7.23. The first-order chi connectivity index (χ1) is 11.3. The molecule has 2 rings (SSSR count). The third-order valence-corrected chi connectivity index (χ3v) is 4.58.